The number of morpholine rings is 1. The summed E-state index contributed by atoms with van der Waals surface area (Å²) in [4.78, 5) is 2.44. The Hall–Kier alpha value is -0.160. The van der Waals surface area contributed by atoms with Crippen molar-refractivity contribution >= 4 is 0 Å². The summed E-state index contributed by atoms with van der Waals surface area (Å²) in [5.41, 5.74) is 2.67. The number of nitrogens with zero attached hydrogens (tertiary/aromatic N) is 1. The molecular weight excluding hydrogens is 166 g/mol. The van der Waals surface area contributed by atoms with E-state index in [9.17, 15) is 0 Å². The molecule has 3 N–H and O–H groups in total. The van der Waals surface area contributed by atoms with Crippen LogP contribution in [0.15, 0.2) is 0 Å². The Morgan fingerprint density at radius 2 is 2.00 bits per heavy atom. The van der Waals surface area contributed by atoms with Crippen molar-refractivity contribution in [3.63, 3.8) is 0 Å². The lowest BCUT2D eigenvalue weighted by Crippen LogP contribution is -2.46. The fraction of sp³-hybridized carbons (Fsp3) is 1.00. The van der Waals surface area contributed by atoms with Gasteiger partial charge in [-0.15, -0.1) is 0 Å². The normalized spacial score (nSPS) is 30.7. The number of hydrogen-bond donors (Lipinski definition) is 2. The summed E-state index contributed by atoms with van der Waals surface area (Å²) >= 11 is 0. The highest BCUT2D eigenvalue weighted by Crippen LogP contribution is 2.10. The second-order valence-electron chi connectivity index (χ2n) is 3.82. The molecule has 0 amide bonds. The maximum atomic E-state index is 5.64. The lowest BCUT2D eigenvalue weighted by atomic mass is 10.2. The van der Waals surface area contributed by atoms with Crippen LogP contribution in [0.4, 0.5) is 0 Å². The minimum Gasteiger partial charge on any atom is -0.373 e. The Kier molecular flexibility index (Phi) is 4.66. The fourth-order valence-electron chi connectivity index (χ4n) is 1.87. The van der Waals surface area contributed by atoms with Gasteiger partial charge in [-0.05, 0) is 26.8 Å². The summed E-state index contributed by atoms with van der Waals surface area (Å²) in [6.07, 6.45) is 1.85. The third-order valence-electron chi connectivity index (χ3n) is 2.29. The molecule has 1 aliphatic rings. The van der Waals surface area contributed by atoms with Crippen LogP contribution in [0.25, 0.3) is 0 Å². The van der Waals surface area contributed by atoms with Crippen molar-refractivity contribution in [2.45, 2.75) is 32.5 Å². The molecule has 4 nitrogen and oxygen atoms in total. The van der Waals surface area contributed by atoms with Crippen LogP contribution in [-0.2, 0) is 4.74 Å². The molecule has 0 unspecified atom stereocenters. The second kappa shape index (κ2) is 5.54. The van der Waals surface area contributed by atoms with Crippen molar-refractivity contribution in [2.24, 2.45) is 5.84 Å². The van der Waals surface area contributed by atoms with Gasteiger partial charge in [0.25, 0.3) is 0 Å². The highest BCUT2D eigenvalue weighted by molar-refractivity contribution is 4.72. The van der Waals surface area contributed by atoms with Gasteiger partial charge < -0.3 is 4.74 Å². The first kappa shape index (κ1) is 10.9. The van der Waals surface area contributed by atoms with Gasteiger partial charge in [-0.25, -0.2) is 0 Å². The molecule has 0 aliphatic carbocycles. The quantitative estimate of drug-likeness (QED) is 0.368. The van der Waals surface area contributed by atoms with Gasteiger partial charge in [-0.3, -0.25) is 16.2 Å². The number of rotatable bonds is 4. The van der Waals surface area contributed by atoms with Gasteiger partial charge in [0, 0.05) is 19.6 Å². The van der Waals surface area contributed by atoms with E-state index in [1.165, 1.54) is 0 Å². The number of nitrogens with one attached hydrogen (secondary N) is 1. The molecule has 0 radical (unpaired) electrons. The average Bonchev–Trinajstić information content (AvgIpc) is 2.03. The van der Waals surface area contributed by atoms with Gasteiger partial charge in [0.15, 0.2) is 0 Å². The molecule has 1 heterocycles. The van der Waals surface area contributed by atoms with E-state index in [4.69, 9.17) is 10.6 Å². The molecule has 0 aromatic heterocycles. The van der Waals surface area contributed by atoms with E-state index in [2.05, 4.69) is 24.2 Å². The highest BCUT2D eigenvalue weighted by Gasteiger charge is 2.21. The van der Waals surface area contributed by atoms with Crippen molar-refractivity contribution in [1.29, 1.82) is 0 Å². The summed E-state index contributed by atoms with van der Waals surface area (Å²) in [5.74, 6) is 5.21. The van der Waals surface area contributed by atoms with E-state index < -0.39 is 0 Å². The summed E-state index contributed by atoms with van der Waals surface area (Å²) in [7, 11) is 0. The van der Waals surface area contributed by atoms with Crippen molar-refractivity contribution < 1.29 is 4.74 Å². The van der Waals surface area contributed by atoms with Gasteiger partial charge in [0.2, 0.25) is 0 Å². The summed E-state index contributed by atoms with van der Waals surface area (Å²) < 4.78 is 5.64. The minimum atomic E-state index is 0.370. The van der Waals surface area contributed by atoms with Crippen LogP contribution in [0.3, 0.4) is 0 Å². The molecule has 13 heavy (non-hydrogen) atoms. The lowest BCUT2D eigenvalue weighted by molar-refractivity contribution is -0.0680. The zero-order valence-electron chi connectivity index (χ0n) is 8.62. The van der Waals surface area contributed by atoms with Crippen molar-refractivity contribution in [3.8, 4) is 0 Å². The van der Waals surface area contributed by atoms with Gasteiger partial charge in [0.1, 0.15) is 0 Å². The molecule has 1 saturated heterocycles. The van der Waals surface area contributed by atoms with E-state index in [1.807, 2.05) is 0 Å². The fourth-order valence-corrected chi connectivity index (χ4v) is 1.87. The Balaban J connectivity index is 2.17. The van der Waals surface area contributed by atoms with E-state index >= 15 is 0 Å². The molecule has 1 aliphatic heterocycles. The number of nitrogens with two attached hydrogens (primary N) is 1. The van der Waals surface area contributed by atoms with Crippen LogP contribution in [0.1, 0.15) is 20.3 Å². The molecule has 1 fully saturated rings. The van der Waals surface area contributed by atoms with Crippen LogP contribution in [0.2, 0.25) is 0 Å². The summed E-state index contributed by atoms with van der Waals surface area (Å²) in [6, 6.07) is 0. The van der Waals surface area contributed by atoms with Gasteiger partial charge in [-0.2, -0.15) is 0 Å². The number of hydrazine groups is 1. The SMILES string of the molecule is C[C@@H]1CN(CCCNN)C[C@H](C)O1. The van der Waals surface area contributed by atoms with Gasteiger partial charge in [-0.1, -0.05) is 0 Å². The third kappa shape index (κ3) is 4.04. The van der Waals surface area contributed by atoms with Crippen molar-refractivity contribution in [2.75, 3.05) is 26.2 Å². The molecule has 0 bridgehead atoms. The number of ether oxygens (including phenoxy) is 1. The zero-order valence-corrected chi connectivity index (χ0v) is 8.62. The Morgan fingerprint density at radius 3 is 2.54 bits per heavy atom. The first-order valence-corrected chi connectivity index (χ1v) is 5.03. The maximum absolute atomic E-state index is 5.64. The standard InChI is InChI=1S/C9H21N3O/c1-8-6-12(5-3-4-11-10)7-9(2)13-8/h8-9,11H,3-7,10H2,1-2H3/t8-,9+. The molecule has 2 atom stereocenters. The molecule has 1 rings (SSSR count). The molecule has 4 heteroatoms. The third-order valence-corrected chi connectivity index (χ3v) is 2.29. The van der Waals surface area contributed by atoms with Crippen molar-refractivity contribution in [1.82, 2.24) is 10.3 Å². The predicted octanol–water partition coefficient (Wildman–Crippen LogP) is -0.0510. The van der Waals surface area contributed by atoms with E-state index in [0.717, 1.165) is 32.6 Å². The van der Waals surface area contributed by atoms with Gasteiger partial charge >= 0.3 is 0 Å². The van der Waals surface area contributed by atoms with E-state index in [1.54, 1.807) is 0 Å². The molecule has 0 aromatic carbocycles. The molecular formula is C9H21N3O. The van der Waals surface area contributed by atoms with Crippen LogP contribution >= 0.6 is 0 Å². The molecule has 0 spiro atoms. The summed E-state index contributed by atoms with van der Waals surface area (Å²) in [5, 5.41) is 0. The minimum absolute atomic E-state index is 0.370. The molecule has 78 valence electrons. The Morgan fingerprint density at radius 1 is 1.38 bits per heavy atom. The van der Waals surface area contributed by atoms with Crippen LogP contribution in [-0.4, -0.2) is 43.3 Å². The maximum Gasteiger partial charge on any atom is 0.0678 e. The smallest absolute Gasteiger partial charge is 0.0678 e. The first-order valence-electron chi connectivity index (χ1n) is 5.03. The first-order chi connectivity index (χ1) is 6.22. The highest BCUT2D eigenvalue weighted by atomic mass is 16.5. The van der Waals surface area contributed by atoms with Crippen molar-refractivity contribution in [3.05, 3.63) is 0 Å². The van der Waals surface area contributed by atoms with Gasteiger partial charge in [0.05, 0.1) is 12.2 Å². The van der Waals surface area contributed by atoms with Crippen LogP contribution < -0.4 is 11.3 Å². The van der Waals surface area contributed by atoms with E-state index in [-0.39, 0.29) is 0 Å². The predicted molar refractivity (Wildman–Crippen MR) is 53.3 cm³/mol. The molecule has 0 aromatic rings. The zero-order chi connectivity index (χ0) is 9.68. The van der Waals surface area contributed by atoms with Crippen LogP contribution in [0.5, 0.6) is 0 Å². The topological polar surface area (TPSA) is 50.5 Å². The molecule has 0 saturated carbocycles. The largest absolute Gasteiger partial charge is 0.373 e. The second-order valence-corrected chi connectivity index (χ2v) is 3.82. The lowest BCUT2D eigenvalue weighted by Gasteiger charge is -2.35. The number of hydrogen-bond acceptors (Lipinski definition) is 4. The average molecular weight is 187 g/mol. The van der Waals surface area contributed by atoms with Crippen LogP contribution in [0, 0.1) is 0 Å². The van der Waals surface area contributed by atoms with E-state index in [0.29, 0.717) is 12.2 Å². The summed E-state index contributed by atoms with van der Waals surface area (Å²) in [6.45, 7) is 8.36. The Bertz CT molecular complexity index is 133. The Labute approximate surface area is 80.4 Å². The monoisotopic (exact) mass is 187 g/mol.